The van der Waals surface area contributed by atoms with E-state index in [1.54, 1.807) is 35.2 Å². The average Bonchev–Trinajstić information content (AvgIpc) is 3.46. The first-order valence-electron chi connectivity index (χ1n) is 9.06. The molecule has 2 aromatic carbocycles. The third kappa shape index (κ3) is 4.69. The van der Waals surface area contributed by atoms with E-state index in [0.29, 0.717) is 28.7 Å². The van der Waals surface area contributed by atoms with Crippen LogP contribution in [0.15, 0.2) is 59.6 Å². The van der Waals surface area contributed by atoms with Gasteiger partial charge in [-0.1, -0.05) is 18.2 Å². The highest BCUT2D eigenvalue weighted by atomic mass is 32.1. The number of aromatic nitrogens is 3. The first-order valence-corrected chi connectivity index (χ1v) is 10.0. The lowest BCUT2D eigenvalue weighted by Crippen LogP contribution is -2.23. The van der Waals surface area contributed by atoms with Gasteiger partial charge in [0.2, 0.25) is 0 Å². The van der Waals surface area contributed by atoms with Gasteiger partial charge in [-0.3, -0.25) is 13.4 Å². The van der Waals surface area contributed by atoms with Crippen LogP contribution in [0.5, 0.6) is 0 Å². The van der Waals surface area contributed by atoms with Crippen molar-refractivity contribution in [3.8, 4) is 22.6 Å². The predicted octanol–water partition coefficient (Wildman–Crippen LogP) is 5.11. The second-order valence-corrected chi connectivity index (χ2v) is 7.41. The molecule has 1 amide bonds. The Bertz CT molecular complexity index is 1240. The van der Waals surface area contributed by atoms with E-state index in [9.17, 15) is 26.6 Å². The molecule has 2 heterocycles. The van der Waals surface area contributed by atoms with Gasteiger partial charge in [-0.15, -0.1) is 11.3 Å². The summed E-state index contributed by atoms with van der Waals surface area (Å²) in [5.74, 6) is -0.337. The number of benzene rings is 2. The molecule has 0 unspecified atom stereocenters. The summed E-state index contributed by atoms with van der Waals surface area (Å²) in [5.41, 5.74) is 1.44. The number of carbonyl (C=O) groups excluding carboxylic acids is 1. The molecule has 2 aromatic heterocycles. The Morgan fingerprint density at radius 1 is 1.03 bits per heavy atom. The summed E-state index contributed by atoms with van der Waals surface area (Å²) in [6.07, 6.45) is -3.38. The summed E-state index contributed by atoms with van der Waals surface area (Å²) in [6, 6.07) is 8.79. The zero-order valence-electron chi connectivity index (χ0n) is 16.0. The number of halogens is 5. The molecule has 32 heavy (non-hydrogen) atoms. The molecule has 0 saturated heterocycles. The van der Waals surface area contributed by atoms with Gasteiger partial charge in [0.15, 0.2) is 0 Å². The Labute approximate surface area is 182 Å². The van der Waals surface area contributed by atoms with Crippen molar-refractivity contribution < 1.29 is 26.6 Å². The summed E-state index contributed by atoms with van der Waals surface area (Å²) in [4.78, 5) is 22.9. The molecule has 5 nitrogen and oxygen atoms in total. The minimum atomic E-state index is -4.77. The number of nitrogens with one attached hydrogen (secondary N) is 2. The van der Waals surface area contributed by atoms with Gasteiger partial charge in [0.25, 0.3) is 5.91 Å². The van der Waals surface area contributed by atoms with Gasteiger partial charge in [0, 0.05) is 16.6 Å². The van der Waals surface area contributed by atoms with Crippen LogP contribution in [0.4, 0.5) is 27.5 Å². The molecule has 0 radical (unpaired) electrons. The zero-order valence-corrected chi connectivity index (χ0v) is 16.8. The molecule has 0 bridgehead atoms. The quantitative estimate of drug-likeness (QED) is 0.320. The number of hydrogen-bond acceptors (Lipinski definition) is 4. The number of carbonyl (C=O) groups is 1. The first kappa shape index (κ1) is 21.7. The molecule has 0 atom stereocenters. The topological polar surface area (TPSA) is 70.7 Å². The minimum absolute atomic E-state index is 0.0221. The highest BCUT2D eigenvalue weighted by Gasteiger charge is 2.33. The van der Waals surface area contributed by atoms with Crippen molar-refractivity contribution in [1.82, 2.24) is 15.0 Å². The molecule has 0 aliphatic heterocycles. The number of H-pyrrole nitrogens is 1. The molecule has 0 aliphatic rings. The molecule has 0 spiro atoms. The number of nitrogens with zero attached hydrogens (tertiary/aromatic N) is 2. The lowest BCUT2D eigenvalue weighted by molar-refractivity contribution is -0.137. The summed E-state index contributed by atoms with van der Waals surface area (Å²) in [7, 11) is -3.06. The number of anilines is 1. The van der Waals surface area contributed by atoms with Crippen molar-refractivity contribution in [1.29, 1.82) is 0 Å². The van der Waals surface area contributed by atoms with Crippen LogP contribution in [0.1, 0.15) is 16.1 Å². The lowest BCUT2D eigenvalue weighted by Gasteiger charge is -2.10. The second-order valence-electron chi connectivity index (χ2n) is 6.69. The Balaban J connectivity index is 1.57. The maximum Gasteiger partial charge on any atom is 0.572 e. The standard InChI is InChI=1S/C20H12BF5N4OS/c22-20(23,24)13-5-12(6-14(7-13)21(25)26)18-27-8-16(30-18)11-1-3-15(4-2-11)29-19(31)17-9-32-10-28-17/h1-10H,(H,27,30)(H,29,31). The van der Waals surface area contributed by atoms with Crippen LogP contribution in [0.3, 0.4) is 0 Å². The van der Waals surface area contributed by atoms with Crippen LogP contribution in [0.2, 0.25) is 0 Å². The summed E-state index contributed by atoms with van der Waals surface area (Å²) in [6.45, 7) is 0. The molecule has 0 saturated carbocycles. The maximum atomic E-state index is 13.1. The van der Waals surface area contributed by atoms with E-state index >= 15 is 0 Å². The van der Waals surface area contributed by atoms with Crippen molar-refractivity contribution in [3.05, 3.63) is 70.8 Å². The smallest absolute Gasteiger partial charge is 0.338 e. The van der Waals surface area contributed by atoms with Crippen molar-refractivity contribution in [3.63, 3.8) is 0 Å². The van der Waals surface area contributed by atoms with Crippen molar-refractivity contribution >= 4 is 35.7 Å². The van der Waals surface area contributed by atoms with Gasteiger partial charge in [-0.25, -0.2) is 9.97 Å². The van der Waals surface area contributed by atoms with Crippen LogP contribution in [0, 0.1) is 0 Å². The van der Waals surface area contributed by atoms with Crippen molar-refractivity contribution in [2.75, 3.05) is 5.32 Å². The van der Waals surface area contributed by atoms with Crippen molar-refractivity contribution in [2.24, 2.45) is 0 Å². The van der Waals surface area contributed by atoms with Gasteiger partial charge in [-0.2, -0.15) is 13.2 Å². The number of aromatic amines is 1. The number of imidazole rings is 1. The van der Waals surface area contributed by atoms with E-state index in [1.807, 2.05) is 0 Å². The van der Waals surface area contributed by atoms with E-state index in [4.69, 9.17) is 0 Å². The van der Waals surface area contributed by atoms with Crippen LogP contribution < -0.4 is 10.8 Å². The van der Waals surface area contributed by atoms with Crippen molar-refractivity contribution in [2.45, 2.75) is 6.18 Å². The maximum absolute atomic E-state index is 13.1. The molecule has 162 valence electrons. The van der Waals surface area contributed by atoms with Crippen LogP contribution in [0.25, 0.3) is 22.6 Å². The Hall–Kier alpha value is -3.54. The second kappa shape index (κ2) is 8.54. The largest absolute Gasteiger partial charge is 0.572 e. The van der Waals surface area contributed by atoms with Gasteiger partial charge in [0.1, 0.15) is 11.5 Å². The van der Waals surface area contributed by atoms with Crippen LogP contribution >= 0.6 is 11.3 Å². The lowest BCUT2D eigenvalue weighted by atomic mass is 9.83. The average molecular weight is 462 g/mol. The number of hydrogen-bond donors (Lipinski definition) is 2. The summed E-state index contributed by atoms with van der Waals surface area (Å²) in [5, 5.41) is 4.31. The monoisotopic (exact) mass is 462 g/mol. The number of amides is 1. The fourth-order valence-corrected chi connectivity index (χ4v) is 3.48. The fourth-order valence-electron chi connectivity index (χ4n) is 2.95. The summed E-state index contributed by atoms with van der Waals surface area (Å²) < 4.78 is 65.5. The van der Waals surface area contributed by atoms with E-state index in [-0.39, 0.29) is 17.3 Å². The summed E-state index contributed by atoms with van der Waals surface area (Å²) >= 11 is 1.30. The predicted molar refractivity (Wildman–Crippen MR) is 112 cm³/mol. The molecule has 4 rings (SSSR count). The number of rotatable bonds is 5. The van der Waals surface area contributed by atoms with E-state index in [1.165, 1.54) is 17.5 Å². The Kier molecular flexibility index (Phi) is 5.79. The number of alkyl halides is 3. The fraction of sp³-hybridized carbons (Fsp3) is 0.0500. The number of thiazole rings is 1. The highest BCUT2D eigenvalue weighted by molar-refractivity contribution is 7.07. The van der Waals surface area contributed by atoms with Gasteiger partial charge in [-0.05, 0) is 35.3 Å². The molecule has 4 aromatic rings. The molecule has 12 heteroatoms. The third-order valence-corrected chi connectivity index (χ3v) is 5.09. The van der Waals surface area contributed by atoms with Gasteiger partial charge in [0.05, 0.1) is 23.0 Å². The van der Waals surface area contributed by atoms with Crippen LogP contribution in [-0.2, 0) is 6.18 Å². The third-order valence-electron chi connectivity index (χ3n) is 4.50. The molecular weight excluding hydrogens is 450 g/mol. The highest BCUT2D eigenvalue weighted by Crippen LogP contribution is 2.32. The van der Waals surface area contributed by atoms with Crippen LogP contribution in [-0.4, -0.2) is 28.1 Å². The Morgan fingerprint density at radius 2 is 1.78 bits per heavy atom. The normalized spacial score (nSPS) is 11.4. The molecule has 2 N–H and O–H groups in total. The molecule has 0 fully saturated rings. The minimum Gasteiger partial charge on any atom is -0.338 e. The van der Waals surface area contributed by atoms with Gasteiger partial charge >= 0.3 is 13.4 Å². The Morgan fingerprint density at radius 3 is 2.41 bits per heavy atom. The molecule has 0 aliphatic carbocycles. The first-order chi connectivity index (χ1) is 15.2. The zero-order chi connectivity index (χ0) is 22.9. The SMILES string of the molecule is O=C(Nc1ccc(-c2cnc(-c3cc(B(F)F)cc(C(F)(F)F)c3)[nH]2)cc1)c1cscn1. The van der Waals surface area contributed by atoms with E-state index < -0.39 is 24.5 Å². The van der Waals surface area contributed by atoms with Gasteiger partial charge < -0.3 is 10.3 Å². The van der Waals surface area contributed by atoms with E-state index in [0.717, 1.165) is 12.1 Å². The van der Waals surface area contributed by atoms with E-state index in [2.05, 4.69) is 20.3 Å². The molecular formula is C20H12BF5N4OS.